The predicted molar refractivity (Wildman–Crippen MR) is 108 cm³/mol. The number of piperidine rings is 1. The molecular formula is C21H25NO4S2. The Bertz CT molecular complexity index is 875. The topological polar surface area (TPSA) is 59.1 Å². The number of thiophene rings is 2. The van der Waals surface area contributed by atoms with E-state index in [1.807, 2.05) is 22.9 Å². The minimum absolute atomic E-state index is 0. The van der Waals surface area contributed by atoms with Gasteiger partial charge in [0.2, 0.25) is 5.60 Å². The lowest BCUT2D eigenvalue weighted by Gasteiger charge is -2.67. The Labute approximate surface area is 173 Å². The second-order valence-corrected chi connectivity index (χ2v) is 10.8. The summed E-state index contributed by atoms with van der Waals surface area (Å²) in [6, 6.07) is 8.33. The van der Waals surface area contributed by atoms with Crippen molar-refractivity contribution in [3.05, 3.63) is 52.2 Å². The second kappa shape index (κ2) is 5.67. The Morgan fingerprint density at radius 1 is 1.29 bits per heavy atom. The summed E-state index contributed by atoms with van der Waals surface area (Å²) in [5.74, 6) is -0.551. The zero-order chi connectivity index (χ0) is 18.6. The molecule has 2 aliphatic heterocycles. The number of rotatable bonds is 4. The third-order valence-electron chi connectivity index (χ3n) is 7.45. The van der Waals surface area contributed by atoms with Crippen molar-refractivity contribution < 1.29 is 23.9 Å². The van der Waals surface area contributed by atoms with Crippen LogP contribution in [0.4, 0.5) is 0 Å². The maximum Gasteiger partial charge on any atom is 0.349 e. The monoisotopic (exact) mass is 419 g/mol. The van der Waals surface area contributed by atoms with E-state index in [9.17, 15) is 9.90 Å². The summed E-state index contributed by atoms with van der Waals surface area (Å²) in [6.45, 7) is 0. The van der Waals surface area contributed by atoms with E-state index in [1.165, 1.54) is 22.7 Å². The number of hydrogen-bond donors (Lipinski definition) is 1. The summed E-state index contributed by atoms with van der Waals surface area (Å²) in [4.78, 5) is 14.4. The van der Waals surface area contributed by atoms with Gasteiger partial charge in [-0.3, -0.25) is 0 Å². The van der Waals surface area contributed by atoms with E-state index < -0.39 is 11.6 Å². The van der Waals surface area contributed by atoms with Crippen LogP contribution in [0.1, 0.15) is 22.6 Å². The number of aliphatic hydroxyl groups is 1. The number of esters is 1. The van der Waals surface area contributed by atoms with E-state index in [0.29, 0.717) is 34.0 Å². The molecule has 0 radical (unpaired) electrons. The highest BCUT2D eigenvalue weighted by Gasteiger charge is 2.93. The van der Waals surface area contributed by atoms with Crippen molar-refractivity contribution in [1.82, 2.24) is 0 Å². The number of ether oxygens (including phenoxy) is 2. The highest BCUT2D eigenvalue weighted by Crippen LogP contribution is 2.75. The first-order valence-corrected chi connectivity index (χ1v) is 11.2. The fourth-order valence-electron chi connectivity index (χ4n) is 6.48. The zero-order valence-corrected chi connectivity index (χ0v) is 17.8. The Kier molecular flexibility index (Phi) is 3.80. The molecule has 0 aromatic carbocycles. The van der Waals surface area contributed by atoms with Gasteiger partial charge in [-0.2, -0.15) is 0 Å². The van der Waals surface area contributed by atoms with E-state index in [0.717, 1.165) is 17.3 Å². The van der Waals surface area contributed by atoms with Crippen molar-refractivity contribution in [3.63, 3.8) is 0 Å². The van der Waals surface area contributed by atoms with Gasteiger partial charge in [0, 0.05) is 12.8 Å². The smallest absolute Gasteiger partial charge is 0.349 e. The van der Waals surface area contributed by atoms with Crippen LogP contribution in [0.5, 0.6) is 0 Å². The Hall–Kier alpha value is -1.25. The predicted octanol–water partition coefficient (Wildman–Crippen LogP) is 2.80. The molecule has 4 fully saturated rings. The number of carbonyl (C=O) groups excluding carboxylic acids is 1. The van der Waals surface area contributed by atoms with Crippen LogP contribution >= 0.6 is 22.7 Å². The molecule has 4 heterocycles. The first-order valence-electron chi connectivity index (χ1n) is 9.40. The molecule has 28 heavy (non-hydrogen) atoms. The van der Waals surface area contributed by atoms with Gasteiger partial charge in [0.1, 0.15) is 35.8 Å². The van der Waals surface area contributed by atoms with Crippen molar-refractivity contribution in [2.24, 2.45) is 5.41 Å². The van der Waals surface area contributed by atoms with Gasteiger partial charge in [0.05, 0.1) is 23.8 Å². The summed E-state index contributed by atoms with van der Waals surface area (Å²) >= 11 is 2.76. The average molecular weight is 420 g/mol. The van der Waals surface area contributed by atoms with Gasteiger partial charge in [0.15, 0.2) is 0 Å². The Morgan fingerprint density at radius 3 is 2.50 bits per heavy atom. The molecule has 2 aromatic heterocycles. The molecule has 6 atom stereocenters. The second-order valence-electron chi connectivity index (χ2n) is 8.86. The summed E-state index contributed by atoms with van der Waals surface area (Å²) < 4.78 is 12.8. The summed E-state index contributed by atoms with van der Waals surface area (Å²) in [7, 11) is 4.53. The van der Waals surface area contributed by atoms with Crippen LogP contribution in [0.3, 0.4) is 0 Å². The minimum Gasteiger partial charge on any atom is -0.459 e. The number of carbonyl (C=O) groups is 1. The van der Waals surface area contributed by atoms with Gasteiger partial charge in [-0.25, -0.2) is 4.79 Å². The van der Waals surface area contributed by atoms with E-state index >= 15 is 0 Å². The highest BCUT2D eigenvalue weighted by atomic mass is 32.1. The van der Waals surface area contributed by atoms with Crippen LogP contribution < -0.4 is 0 Å². The van der Waals surface area contributed by atoms with Crippen molar-refractivity contribution in [1.29, 1.82) is 0 Å². The van der Waals surface area contributed by atoms with Crippen LogP contribution in [0, 0.1) is 12.8 Å². The van der Waals surface area contributed by atoms with Gasteiger partial charge < -0.3 is 26.5 Å². The molecule has 2 saturated heterocycles. The Balaban J connectivity index is 0.00000171. The van der Waals surface area contributed by atoms with Crippen molar-refractivity contribution in [2.75, 3.05) is 14.1 Å². The van der Waals surface area contributed by atoms with E-state index in [-0.39, 0.29) is 18.9 Å². The fourth-order valence-corrected chi connectivity index (χ4v) is 8.19. The molecule has 0 amide bonds. The maximum atomic E-state index is 13.2. The molecule has 0 bridgehead atoms. The molecule has 2 aromatic rings. The normalized spacial score (nSPS) is 38.8. The van der Waals surface area contributed by atoms with E-state index in [4.69, 9.17) is 9.47 Å². The SMILES string of the molecule is C[N+]1(C)C2CC(OC(=O)C(O)(c3cccs3)c3cccs3)CC23C2OC2C31.[CH3-]. The number of quaternary nitrogens is 1. The zero-order valence-electron chi connectivity index (χ0n) is 16.2. The summed E-state index contributed by atoms with van der Waals surface area (Å²) in [5.41, 5.74) is -1.52. The lowest BCUT2D eigenvalue weighted by Crippen LogP contribution is -2.86. The van der Waals surface area contributed by atoms with E-state index in [2.05, 4.69) is 14.1 Å². The third-order valence-corrected chi connectivity index (χ3v) is 9.41. The van der Waals surface area contributed by atoms with E-state index in [1.54, 1.807) is 12.1 Å². The minimum atomic E-state index is -1.72. The number of fused-ring (bicyclic) bond motifs is 2. The summed E-state index contributed by atoms with van der Waals surface area (Å²) in [6.07, 6.45) is 2.35. The highest BCUT2D eigenvalue weighted by molar-refractivity contribution is 7.12. The van der Waals surface area contributed by atoms with Gasteiger partial charge in [0.25, 0.3) is 0 Å². The lowest BCUT2D eigenvalue weighted by molar-refractivity contribution is -1.01. The van der Waals surface area contributed by atoms with Gasteiger partial charge in [-0.05, 0) is 22.9 Å². The fraction of sp³-hybridized carbons (Fsp3) is 0.524. The van der Waals surface area contributed by atoms with Gasteiger partial charge in [-0.15, -0.1) is 22.7 Å². The molecule has 5 nitrogen and oxygen atoms in total. The molecule has 2 aliphatic carbocycles. The third kappa shape index (κ3) is 1.99. The van der Waals surface area contributed by atoms with Crippen molar-refractivity contribution >= 4 is 28.6 Å². The lowest BCUT2D eigenvalue weighted by atomic mass is 9.52. The van der Waals surface area contributed by atoms with Gasteiger partial charge >= 0.3 is 5.97 Å². The average Bonchev–Trinajstić information content (AvgIpc) is 3.15. The largest absolute Gasteiger partial charge is 0.459 e. The molecule has 7 heteroatoms. The molecule has 2 saturated carbocycles. The van der Waals surface area contributed by atoms with Crippen LogP contribution in [0.15, 0.2) is 35.0 Å². The first kappa shape index (κ1) is 18.8. The molecule has 4 aliphatic rings. The first-order chi connectivity index (χ1) is 12.9. The maximum absolute atomic E-state index is 13.2. The van der Waals surface area contributed by atoms with Crippen molar-refractivity contribution in [2.45, 2.75) is 48.8 Å². The van der Waals surface area contributed by atoms with Crippen LogP contribution in [-0.2, 0) is 19.9 Å². The molecule has 1 N–H and O–H groups in total. The van der Waals surface area contributed by atoms with Crippen LogP contribution in [0.2, 0.25) is 0 Å². The van der Waals surface area contributed by atoms with Crippen molar-refractivity contribution in [3.8, 4) is 0 Å². The Morgan fingerprint density at radius 2 is 1.93 bits per heavy atom. The number of likely N-dealkylation sites (N-methyl/N-ethyl adjacent to an activating group) is 1. The molecule has 1 spiro atoms. The van der Waals surface area contributed by atoms with Gasteiger partial charge in [-0.1, -0.05) is 12.1 Å². The molecule has 6 rings (SSSR count). The molecule has 150 valence electrons. The number of nitrogens with zero attached hydrogens (tertiary/aromatic N) is 1. The number of likely N-dealkylation sites (tertiary alicyclic amines) is 1. The number of epoxide rings is 1. The summed E-state index contributed by atoms with van der Waals surface area (Å²) in [5, 5.41) is 15.2. The van der Waals surface area contributed by atoms with Crippen LogP contribution in [0.25, 0.3) is 0 Å². The molecule has 6 unspecified atom stereocenters. The number of hydrogen-bond acceptors (Lipinski definition) is 6. The van der Waals surface area contributed by atoms with Crippen LogP contribution in [-0.4, -0.2) is 60.0 Å². The quantitative estimate of drug-likeness (QED) is 0.358. The standard InChI is InChI=1S/C20H22NO4S2.CH3/c1-21(2)12-9-11(10-19(12)16(21)15-17(19)25-15)24-18(22)20(23,13-5-3-7-26-13)14-6-4-8-27-14;/h3-8,11-12,15-17,23H,9-10H2,1-2H3;1H3/q+1;-1. The molecular weight excluding hydrogens is 394 g/mol.